The fraction of sp³-hybridized carbons (Fsp3) is 0.818. The lowest BCUT2D eigenvalue weighted by molar-refractivity contribution is -0.137. The van der Waals surface area contributed by atoms with Crippen molar-refractivity contribution in [3.05, 3.63) is 0 Å². The van der Waals surface area contributed by atoms with Gasteiger partial charge in [0.1, 0.15) is 0 Å². The minimum atomic E-state index is -0.866. The topological polar surface area (TPSA) is 98.7 Å². The maximum Gasteiger partial charge on any atom is 0.315 e. The molecule has 0 aliphatic heterocycles. The van der Waals surface area contributed by atoms with Gasteiger partial charge in [-0.3, -0.25) is 4.79 Å². The van der Waals surface area contributed by atoms with Crippen molar-refractivity contribution in [1.29, 1.82) is 0 Å². The number of nitrogens with one attached hydrogen (secondary N) is 2. The maximum atomic E-state index is 11.5. The van der Waals surface area contributed by atoms with Crippen LogP contribution >= 0.6 is 0 Å². The van der Waals surface area contributed by atoms with Crippen LogP contribution < -0.4 is 10.6 Å². The Morgan fingerprint density at radius 1 is 1.24 bits per heavy atom. The van der Waals surface area contributed by atoms with Gasteiger partial charge in [-0.15, -0.1) is 0 Å². The molecule has 4 N–H and O–H groups in total. The molecule has 98 valence electrons. The summed E-state index contributed by atoms with van der Waals surface area (Å²) in [4.78, 5) is 21.8. The highest BCUT2D eigenvalue weighted by Gasteiger charge is 2.34. The highest BCUT2D eigenvalue weighted by atomic mass is 16.4. The molecule has 0 heterocycles. The van der Waals surface area contributed by atoms with Gasteiger partial charge in [-0.2, -0.15) is 0 Å². The van der Waals surface area contributed by atoms with E-state index in [0.29, 0.717) is 13.0 Å². The molecular weight excluding hydrogens is 224 g/mol. The molecule has 1 saturated carbocycles. The van der Waals surface area contributed by atoms with Crippen LogP contribution in [0.4, 0.5) is 4.79 Å². The van der Waals surface area contributed by atoms with Gasteiger partial charge in [-0.25, -0.2) is 4.79 Å². The van der Waals surface area contributed by atoms with Crippen LogP contribution in [0.3, 0.4) is 0 Å². The third-order valence-electron chi connectivity index (χ3n) is 3.09. The Balaban J connectivity index is 2.21. The molecule has 0 radical (unpaired) electrons. The Morgan fingerprint density at radius 3 is 2.41 bits per heavy atom. The van der Waals surface area contributed by atoms with Crippen LogP contribution in [0.15, 0.2) is 0 Å². The predicted octanol–water partition coefficient (Wildman–Crippen LogP) is 0.455. The van der Waals surface area contributed by atoms with Gasteiger partial charge in [0.25, 0.3) is 0 Å². The third-order valence-corrected chi connectivity index (χ3v) is 3.09. The van der Waals surface area contributed by atoms with E-state index in [1.807, 2.05) is 0 Å². The zero-order valence-electron chi connectivity index (χ0n) is 9.87. The molecule has 0 spiro atoms. The minimum Gasteiger partial charge on any atom is -0.481 e. The zero-order valence-corrected chi connectivity index (χ0v) is 9.87. The molecule has 0 aromatic rings. The minimum absolute atomic E-state index is 0.0461. The molecule has 1 aliphatic rings. The van der Waals surface area contributed by atoms with Crippen LogP contribution in [0.5, 0.6) is 0 Å². The molecule has 6 nitrogen and oxygen atoms in total. The number of rotatable bonds is 6. The van der Waals surface area contributed by atoms with E-state index in [-0.39, 0.29) is 19.1 Å². The van der Waals surface area contributed by atoms with Crippen molar-refractivity contribution in [2.24, 2.45) is 0 Å². The van der Waals surface area contributed by atoms with E-state index >= 15 is 0 Å². The lowest BCUT2D eigenvalue weighted by atomic mass is 9.99. The largest absolute Gasteiger partial charge is 0.481 e. The van der Waals surface area contributed by atoms with E-state index in [1.165, 1.54) is 0 Å². The van der Waals surface area contributed by atoms with Crippen molar-refractivity contribution < 1.29 is 19.8 Å². The highest BCUT2D eigenvalue weighted by Crippen LogP contribution is 2.28. The first kappa shape index (κ1) is 13.8. The monoisotopic (exact) mass is 244 g/mol. The summed E-state index contributed by atoms with van der Waals surface area (Å²) in [6.07, 6.45) is 4.08. The van der Waals surface area contributed by atoms with E-state index < -0.39 is 11.5 Å². The van der Waals surface area contributed by atoms with Crippen LogP contribution in [0.25, 0.3) is 0 Å². The van der Waals surface area contributed by atoms with E-state index in [9.17, 15) is 14.7 Å². The normalized spacial score (nSPS) is 17.7. The molecule has 0 unspecified atom stereocenters. The summed E-state index contributed by atoms with van der Waals surface area (Å²) in [5.41, 5.74) is -0.475. The maximum absolute atomic E-state index is 11.5. The van der Waals surface area contributed by atoms with Crippen molar-refractivity contribution in [3.63, 3.8) is 0 Å². The molecule has 0 aromatic heterocycles. The predicted molar refractivity (Wildman–Crippen MR) is 61.7 cm³/mol. The first-order chi connectivity index (χ1) is 8.08. The number of aliphatic hydroxyl groups is 1. The number of amides is 2. The molecule has 0 saturated heterocycles. The molecular formula is C11H20N2O4. The summed E-state index contributed by atoms with van der Waals surface area (Å²) in [5, 5.41) is 23.1. The summed E-state index contributed by atoms with van der Waals surface area (Å²) < 4.78 is 0. The van der Waals surface area contributed by atoms with Crippen molar-refractivity contribution in [3.8, 4) is 0 Å². The van der Waals surface area contributed by atoms with E-state index in [2.05, 4.69) is 10.6 Å². The van der Waals surface area contributed by atoms with Gasteiger partial charge in [-0.05, 0) is 19.3 Å². The molecule has 6 heteroatoms. The van der Waals surface area contributed by atoms with Crippen LogP contribution in [-0.2, 0) is 4.79 Å². The highest BCUT2D eigenvalue weighted by molar-refractivity contribution is 5.75. The lowest BCUT2D eigenvalue weighted by Gasteiger charge is -2.27. The molecule has 0 atom stereocenters. The van der Waals surface area contributed by atoms with Crippen molar-refractivity contribution in [1.82, 2.24) is 10.6 Å². The van der Waals surface area contributed by atoms with Gasteiger partial charge in [0, 0.05) is 13.0 Å². The third kappa shape index (κ3) is 4.60. The standard InChI is InChI=1S/C11H20N2O4/c14-8-11(5-1-2-6-11)13-10(17)12-7-3-4-9(15)16/h14H,1-8H2,(H,15,16)(H2,12,13,17). The van der Waals surface area contributed by atoms with E-state index in [0.717, 1.165) is 25.7 Å². The molecule has 17 heavy (non-hydrogen) atoms. The summed E-state index contributed by atoms with van der Waals surface area (Å²) in [5.74, 6) is -0.866. The fourth-order valence-corrected chi connectivity index (χ4v) is 2.10. The number of aliphatic carboxylic acids is 1. The SMILES string of the molecule is O=C(O)CCCNC(=O)NC1(CO)CCCC1. The van der Waals surface area contributed by atoms with Crippen LogP contribution in [0.1, 0.15) is 38.5 Å². The Kier molecular flexibility index (Phi) is 5.21. The second kappa shape index (κ2) is 6.44. The average Bonchev–Trinajstić information content (AvgIpc) is 2.73. The van der Waals surface area contributed by atoms with Gasteiger partial charge < -0.3 is 20.8 Å². The molecule has 1 aliphatic carbocycles. The Hall–Kier alpha value is -1.30. The second-order valence-corrected chi connectivity index (χ2v) is 4.52. The van der Waals surface area contributed by atoms with Crippen molar-refractivity contribution >= 4 is 12.0 Å². The van der Waals surface area contributed by atoms with Crippen molar-refractivity contribution in [2.45, 2.75) is 44.1 Å². The summed E-state index contributed by atoms with van der Waals surface area (Å²) >= 11 is 0. The molecule has 0 aromatic carbocycles. The number of hydrogen-bond donors (Lipinski definition) is 4. The Bertz CT molecular complexity index is 275. The lowest BCUT2D eigenvalue weighted by Crippen LogP contribution is -2.53. The Morgan fingerprint density at radius 2 is 1.88 bits per heavy atom. The molecule has 0 bridgehead atoms. The quantitative estimate of drug-likeness (QED) is 0.510. The molecule has 1 rings (SSSR count). The smallest absolute Gasteiger partial charge is 0.315 e. The summed E-state index contributed by atoms with van der Waals surface area (Å²) in [6.45, 7) is 0.287. The van der Waals surface area contributed by atoms with Crippen LogP contribution in [-0.4, -0.2) is 40.9 Å². The van der Waals surface area contributed by atoms with Gasteiger partial charge in [-0.1, -0.05) is 12.8 Å². The van der Waals surface area contributed by atoms with Gasteiger partial charge in [0.05, 0.1) is 12.1 Å². The van der Waals surface area contributed by atoms with Crippen molar-refractivity contribution in [2.75, 3.05) is 13.2 Å². The number of urea groups is 1. The Labute approximate surface area is 100 Å². The van der Waals surface area contributed by atoms with Crippen LogP contribution in [0, 0.1) is 0 Å². The van der Waals surface area contributed by atoms with Gasteiger partial charge in [0.15, 0.2) is 0 Å². The van der Waals surface area contributed by atoms with E-state index in [1.54, 1.807) is 0 Å². The van der Waals surface area contributed by atoms with Gasteiger partial charge >= 0.3 is 12.0 Å². The summed E-state index contributed by atoms with van der Waals surface area (Å²) in [6, 6.07) is -0.327. The number of aliphatic hydroxyl groups excluding tert-OH is 1. The van der Waals surface area contributed by atoms with Crippen LogP contribution in [0.2, 0.25) is 0 Å². The first-order valence-corrected chi connectivity index (χ1v) is 5.97. The van der Waals surface area contributed by atoms with E-state index in [4.69, 9.17) is 5.11 Å². The number of hydrogen-bond acceptors (Lipinski definition) is 3. The fourth-order valence-electron chi connectivity index (χ4n) is 2.10. The first-order valence-electron chi connectivity index (χ1n) is 5.97. The number of carboxylic acids is 1. The zero-order chi connectivity index (χ0) is 12.7. The molecule has 2 amide bonds. The number of carbonyl (C=O) groups excluding carboxylic acids is 1. The summed E-state index contributed by atoms with van der Waals surface area (Å²) in [7, 11) is 0. The molecule has 1 fully saturated rings. The number of carbonyl (C=O) groups is 2. The average molecular weight is 244 g/mol. The second-order valence-electron chi connectivity index (χ2n) is 4.52. The van der Waals surface area contributed by atoms with Gasteiger partial charge in [0.2, 0.25) is 0 Å². The number of carboxylic acid groups (broad SMARTS) is 1.